The summed E-state index contributed by atoms with van der Waals surface area (Å²) in [6.45, 7) is 0. The number of carbonyl (C=O) groups is 2. The molecule has 23 heavy (non-hydrogen) atoms. The van der Waals surface area contributed by atoms with Crippen LogP contribution in [0, 0.1) is 5.21 Å². The Kier molecular flexibility index (Phi) is 5.09. The van der Waals surface area contributed by atoms with Crippen LogP contribution in [0.3, 0.4) is 0 Å². The molecule has 0 heterocycles. The molecule has 0 aromatic heterocycles. The van der Waals surface area contributed by atoms with Gasteiger partial charge in [0.05, 0.1) is 25.3 Å². The van der Waals surface area contributed by atoms with E-state index in [1.807, 2.05) is 0 Å². The van der Waals surface area contributed by atoms with Crippen molar-refractivity contribution in [3.63, 3.8) is 0 Å². The lowest BCUT2D eigenvalue weighted by Gasteiger charge is -2.07. The first-order chi connectivity index (χ1) is 11.1. The van der Waals surface area contributed by atoms with E-state index in [1.165, 1.54) is 32.6 Å². The van der Waals surface area contributed by atoms with Crippen LogP contribution in [-0.2, 0) is 4.74 Å². The van der Waals surface area contributed by atoms with E-state index >= 15 is 0 Å². The van der Waals surface area contributed by atoms with Crippen molar-refractivity contribution in [2.24, 2.45) is 0 Å². The molecule has 0 unspecified atom stereocenters. The first kappa shape index (κ1) is 16.2. The third kappa shape index (κ3) is 3.74. The average molecular weight is 313 g/mol. The molecule has 2 aromatic carbocycles. The molecule has 0 aliphatic carbocycles. The van der Waals surface area contributed by atoms with Crippen molar-refractivity contribution in [3.8, 4) is 5.75 Å². The fourth-order valence-corrected chi connectivity index (χ4v) is 1.98. The number of aldehydes is 1. The largest absolute Gasteiger partial charge is 0.618 e. The fraction of sp³-hybridized carbons (Fsp3) is 0.118. The van der Waals surface area contributed by atoms with Gasteiger partial charge >= 0.3 is 5.97 Å². The van der Waals surface area contributed by atoms with Crippen molar-refractivity contribution < 1.29 is 23.8 Å². The number of nitrogens with zero attached hydrogens (tertiary/aromatic N) is 1. The molecule has 0 saturated carbocycles. The normalized spacial score (nSPS) is 11.0. The van der Waals surface area contributed by atoms with E-state index in [9.17, 15) is 14.8 Å². The number of hydrogen-bond acceptors (Lipinski definition) is 5. The van der Waals surface area contributed by atoms with Crippen molar-refractivity contribution in [1.29, 1.82) is 0 Å². The quantitative estimate of drug-likeness (QED) is 0.212. The lowest BCUT2D eigenvalue weighted by atomic mass is 10.1. The molecule has 0 bridgehead atoms. The van der Waals surface area contributed by atoms with Crippen LogP contribution in [0.15, 0.2) is 42.5 Å². The van der Waals surface area contributed by atoms with Crippen LogP contribution in [0.4, 0.5) is 5.69 Å². The van der Waals surface area contributed by atoms with E-state index in [0.717, 1.165) is 0 Å². The van der Waals surface area contributed by atoms with Crippen LogP contribution in [0.1, 0.15) is 26.3 Å². The minimum atomic E-state index is -0.450. The highest BCUT2D eigenvalue weighted by Gasteiger charge is 2.11. The molecular formula is C17H15NO5. The van der Waals surface area contributed by atoms with E-state index in [2.05, 4.69) is 4.74 Å². The Hall–Kier alpha value is -3.15. The Balaban J connectivity index is 2.32. The predicted octanol–water partition coefficient (Wildman–Crippen LogP) is 2.56. The molecule has 6 heteroatoms. The molecule has 0 fully saturated rings. The standard InChI is InChI=1S/C17H15NO5/c1-22-15-7-8-16(14(9-15)11-19)18(21)10-12-3-5-13(6-4-12)17(20)23-2/h3-11H,1-2H3. The summed E-state index contributed by atoms with van der Waals surface area (Å²) in [6.07, 6.45) is 1.91. The van der Waals surface area contributed by atoms with Gasteiger partial charge in [-0.15, -0.1) is 0 Å². The van der Waals surface area contributed by atoms with Crippen LogP contribution in [-0.4, -0.2) is 37.4 Å². The highest BCUT2D eigenvalue weighted by atomic mass is 16.5. The Morgan fingerprint density at radius 3 is 2.39 bits per heavy atom. The van der Waals surface area contributed by atoms with Gasteiger partial charge in [-0.05, 0) is 36.4 Å². The van der Waals surface area contributed by atoms with Gasteiger partial charge in [-0.25, -0.2) is 4.79 Å². The summed E-state index contributed by atoms with van der Waals surface area (Å²) < 4.78 is 10.2. The van der Waals surface area contributed by atoms with E-state index in [1.54, 1.807) is 30.3 Å². The topological polar surface area (TPSA) is 78.7 Å². The maximum Gasteiger partial charge on any atom is 0.337 e. The van der Waals surface area contributed by atoms with Gasteiger partial charge in [0.25, 0.3) is 0 Å². The third-order valence-corrected chi connectivity index (χ3v) is 3.20. The van der Waals surface area contributed by atoms with Gasteiger partial charge in [-0.1, -0.05) is 0 Å². The lowest BCUT2D eigenvalue weighted by Crippen LogP contribution is -2.04. The molecule has 2 rings (SSSR count). The average Bonchev–Trinajstić information content (AvgIpc) is 2.60. The molecule has 0 aliphatic rings. The Morgan fingerprint density at radius 1 is 1.13 bits per heavy atom. The second-order valence-corrected chi connectivity index (χ2v) is 4.61. The molecule has 6 nitrogen and oxygen atoms in total. The molecular weight excluding hydrogens is 298 g/mol. The van der Waals surface area contributed by atoms with Gasteiger partial charge in [-0.2, -0.15) is 4.74 Å². The van der Waals surface area contributed by atoms with Gasteiger partial charge in [0.15, 0.2) is 12.5 Å². The molecule has 2 aromatic rings. The number of hydrogen-bond donors (Lipinski definition) is 0. The number of benzene rings is 2. The highest BCUT2D eigenvalue weighted by molar-refractivity contribution is 5.90. The van der Waals surface area contributed by atoms with Crippen molar-refractivity contribution in [1.82, 2.24) is 0 Å². The van der Waals surface area contributed by atoms with Crippen LogP contribution in [0.2, 0.25) is 0 Å². The molecule has 0 N–H and O–H groups in total. The third-order valence-electron chi connectivity index (χ3n) is 3.20. The molecule has 0 saturated heterocycles. The molecule has 0 atom stereocenters. The van der Waals surface area contributed by atoms with E-state index in [4.69, 9.17) is 4.74 Å². The molecule has 0 amide bonds. The first-order valence-corrected chi connectivity index (χ1v) is 6.72. The number of esters is 1. The summed E-state index contributed by atoms with van der Waals surface area (Å²) in [5, 5.41) is 12.2. The van der Waals surface area contributed by atoms with E-state index < -0.39 is 5.97 Å². The van der Waals surface area contributed by atoms with Crippen LogP contribution in [0.5, 0.6) is 5.75 Å². The predicted molar refractivity (Wildman–Crippen MR) is 84.6 cm³/mol. The minimum absolute atomic E-state index is 0.206. The monoisotopic (exact) mass is 313 g/mol. The molecule has 118 valence electrons. The molecule has 0 radical (unpaired) electrons. The summed E-state index contributed by atoms with van der Waals surface area (Å²) >= 11 is 0. The van der Waals surface area contributed by atoms with Crippen molar-refractivity contribution >= 4 is 24.2 Å². The maximum absolute atomic E-state index is 12.2. The van der Waals surface area contributed by atoms with Crippen molar-refractivity contribution in [2.75, 3.05) is 14.2 Å². The zero-order valence-electron chi connectivity index (χ0n) is 12.7. The number of methoxy groups -OCH3 is 2. The summed E-state index contributed by atoms with van der Waals surface area (Å²) in [5.74, 6) is 0.0422. The summed E-state index contributed by atoms with van der Waals surface area (Å²) in [4.78, 5) is 22.5. The van der Waals surface area contributed by atoms with Crippen LogP contribution >= 0.6 is 0 Å². The Labute approximate surface area is 133 Å². The van der Waals surface area contributed by atoms with Crippen molar-refractivity contribution in [3.05, 3.63) is 64.4 Å². The summed E-state index contributed by atoms with van der Waals surface area (Å²) in [5.41, 5.74) is 1.40. The van der Waals surface area contributed by atoms with Gasteiger partial charge in [0, 0.05) is 11.6 Å². The van der Waals surface area contributed by atoms with E-state index in [0.29, 0.717) is 27.9 Å². The zero-order chi connectivity index (χ0) is 16.8. The van der Waals surface area contributed by atoms with Gasteiger partial charge in [0.1, 0.15) is 5.75 Å². The van der Waals surface area contributed by atoms with Gasteiger partial charge < -0.3 is 14.7 Å². The summed E-state index contributed by atoms with van der Waals surface area (Å²) in [6, 6.07) is 10.9. The number of carbonyl (C=O) groups excluding carboxylic acids is 2. The first-order valence-electron chi connectivity index (χ1n) is 6.72. The SMILES string of the molecule is COC(=O)c1ccc(C=[N+]([O-])c2ccc(OC)cc2C=O)cc1. The van der Waals surface area contributed by atoms with Crippen molar-refractivity contribution in [2.45, 2.75) is 0 Å². The Morgan fingerprint density at radius 2 is 1.83 bits per heavy atom. The van der Waals surface area contributed by atoms with Crippen LogP contribution in [0.25, 0.3) is 0 Å². The Bertz CT molecular complexity index is 750. The smallest absolute Gasteiger partial charge is 0.337 e. The molecule has 0 aliphatic heterocycles. The molecule has 0 spiro atoms. The minimum Gasteiger partial charge on any atom is -0.618 e. The van der Waals surface area contributed by atoms with Gasteiger partial charge in [0.2, 0.25) is 5.69 Å². The second kappa shape index (κ2) is 7.22. The highest BCUT2D eigenvalue weighted by Crippen LogP contribution is 2.22. The number of ether oxygens (including phenoxy) is 2. The maximum atomic E-state index is 12.2. The second-order valence-electron chi connectivity index (χ2n) is 4.61. The zero-order valence-corrected chi connectivity index (χ0v) is 12.7. The van der Waals surface area contributed by atoms with E-state index in [-0.39, 0.29) is 11.3 Å². The summed E-state index contributed by atoms with van der Waals surface area (Å²) in [7, 11) is 2.78. The van der Waals surface area contributed by atoms with Crippen LogP contribution < -0.4 is 4.74 Å². The fourth-order valence-electron chi connectivity index (χ4n) is 1.98. The number of rotatable bonds is 5. The lowest BCUT2D eigenvalue weighted by molar-refractivity contribution is -0.354. The van der Waals surface area contributed by atoms with Gasteiger partial charge in [-0.3, -0.25) is 4.79 Å².